The van der Waals surface area contributed by atoms with Crippen LogP contribution >= 0.6 is 0 Å². The van der Waals surface area contributed by atoms with Gasteiger partial charge in [0.05, 0.1) is 0 Å². The molecule has 1 fully saturated rings. The molecule has 1 aliphatic rings. The van der Waals surface area contributed by atoms with Crippen LogP contribution in [0.1, 0.15) is 68.6 Å². The lowest BCUT2D eigenvalue weighted by Crippen LogP contribution is -2.53. The average molecular weight is 486 g/mol. The lowest BCUT2D eigenvalue weighted by Gasteiger charge is -2.39. The molecule has 2 nitrogen and oxygen atoms in total. The van der Waals surface area contributed by atoms with Crippen molar-refractivity contribution < 1.29 is 36.2 Å². The van der Waals surface area contributed by atoms with Gasteiger partial charge in [-0.2, -0.15) is 26.3 Å². The molecule has 0 heterocycles. The topological polar surface area (TPSA) is 37.3 Å². The largest absolute Gasteiger partial charge is 0.430 e. The molecule has 0 aliphatic heterocycles. The monoisotopic (exact) mass is 486 g/mol. The average Bonchev–Trinajstić information content (AvgIpc) is 2.97. The van der Waals surface area contributed by atoms with Crippen LogP contribution in [0.3, 0.4) is 0 Å². The number of alkyl halides is 6. The van der Waals surface area contributed by atoms with E-state index in [9.17, 15) is 36.2 Å². The second-order valence-corrected chi connectivity index (χ2v) is 9.32. The zero-order chi connectivity index (χ0) is 25.4. The fourth-order valence-corrected chi connectivity index (χ4v) is 5.32. The highest BCUT2D eigenvalue weighted by atomic mass is 19.4. The molecule has 1 saturated carbocycles. The van der Waals surface area contributed by atoms with Crippen LogP contribution in [-0.4, -0.2) is 23.2 Å². The van der Waals surface area contributed by atoms with Crippen LogP contribution in [0.4, 0.5) is 26.3 Å². The third-order valence-corrected chi connectivity index (χ3v) is 7.27. The Morgan fingerprint density at radius 1 is 0.941 bits per heavy atom. The number of benzene rings is 2. The maximum absolute atomic E-state index is 13.3. The number of rotatable bonds is 5. The Morgan fingerprint density at radius 2 is 1.50 bits per heavy atom. The Kier molecular flexibility index (Phi) is 7.23. The highest BCUT2D eigenvalue weighted by molar-refractivity contribution is 5.80. The zero-order valence-corrected chi connectivity index (χ0v) is 19.0. The standard InChI is InChI=1S/C26H28F6O2/c1-3-22(33)18-8-7-11-21(23(2,16-18)19-9-5-4-6-10-19)17-12-14-20(15-13-17)24(34,25(27,28)29)26(30,31)32/h4-6,9-10,12-15,18,21,34H,3,7-8,11,16H2,1-2H3/t18?,21-,23+/m0/s1. The molecule has 0 saturated heterocycles. The van der Waals surface area contributed by atoms with Gasteiger partial charge in [0.25, 0.3) is 5.60 Å². The van der Waals surface area contributed by atoms with E-state index in [1.807, 2.05) is 44.2 Å². The van der Waals surface area contributed by atoms with Gasteiger partial charge in [-0.3, -0.25) is 4.79 Å². The molecule has 0 bridgehead atoms. The summed E-state index contributed by atoms with van der Waals surface area (Å²) in [5, 5.41) is 9.72. The minimum atomic E-state index is -5.93. The lowest BCUT2D eigenvalue weighted by atomic mass is 9.64. The molecule has 0 radical (unpaired) electrons. The normalized spacial score (nSPS) is 24.5. The molecule has 1 unspecified atom stereocenters. The summed E-state index contributed by atoms with van der Waals surface area (Å²) in [6.45, 7) is 3.82. The molecular formula is C26H28F6O2. The number of hydrogen-bond donors (Lipinski definition) is 1. The molecular weight excluding hydrogens is 458 g/mol. The third kappa shape index (κ3) is 4.61. The van der Waals surface area contributed by atoms with Gasteiger partial charge >= 0.3 is 12.4 Å². The van der Waals surface area contributed by atoms with E-state index in [1.54, 1.807) is 0 Å². The van der Waals surface area contributed by atoms with Gasteiger partial charge in [-0.25, -0.2) is 0 Å². The predicted octanol–water partition coefficient (Wildman–Crippen LogP) is 7.21. The Morgan fingerprint density at radius 3 is 2.00 bits per heavy atom. The van der Waals surface area contributed by atoms with Gasteiger partial charge in [-0.05, 0) is 36.3 Å². The van der Waals surface area contributed by atoms with Gasteiger partial charge in [0, 0.05) is 23.3 Å². The molecule has 3 atom stereocenters. The van der Waals surface area contributed by atoms with E-state index in [0.717, 1.165) is 5.56 Å². The fraction of sp³-hybridized carbons (Fsp3) is 0.500. The SMILES string of the molecule is CCC(=O)C1CCC[C@@H](c2ccc(C(O)(C(F)(F)F)C(F)(F)F)cc2)[C@@](C)(c2ccccc2)C1. The summed E-state index contributed by atoms with van der Waals surface area (Å²) in [4.78, 5) is 12.6. The van der Waals surface area contributed by atoms with Gasteiger partial charge < -0.3 is 5.11 Å². The second kappa shape index (κ2) is 9.36. The summed E-state index contributed by atoms with van der Waals surface area (Å²) >= 11 is 0. The van der Waals surface area contributed by atoms with Crippen LogP contribution in [-0.2, 0) is 15.8 Å². The van der Waals surface area contributed by atoms with Crippen molar-refractivity contribution >= 4 is 5.78 Å². The van der Waals surface area contributed by atoms with E-state index in [1.165, 1.54) is 12.1 Å². The van der Waals surface area contributed by atoms with Crippen molar-refractivity contribution in [2.75, 3.05) is 0 Å². The van der Waals surface area contributed by atoms with E-state index in [-0.39, 0.29) is 17.6 Å². The first-order chi connectivity index (χ1) is 15.8. The number of aliphatic hydroxyl groups is 1. The van der Waals surface area contributed by atoms with Crippen molar-refractivity contribution in [3.63, 3.8) is 0 Å². The first-order valence-electron chi connectivity index (χ1n) is 11.3. The third-order valence-electron chi connectivity index (χ3n) is 7.27. The van der Waals surface area contributed by atoms with Crippen molar-refractivity contribution in [2.24, 2.45) is 5.92 Å². The quantitative estimate of drug-likeness (QED) is 0.358. The van der Waals surface area contributed by atoms with Gasteiger partial charge in [-0.15, -0.1) is 0 Å². The van der Waals surface area contributed by atoms with Gasteiger partial charge in [-0.1, -0.05) is 74.9 Å². The highest BCUT2D eigenvalue weighted by Gasteiger charge is 2.71. The summed E-state index contributed by atoms with van der Waals surface area (Å²) < 4.78 is 79.7. The summed E-state index contributed by atoms with van der Waals surface area (Å²) in [5.41, 5.74) is -5.25. The molecule has 2 aromatic carbocycles. The number of ketones is 1. The second-order valence-electron chi connectivity index (χ2n) is 9.32. The molecule has 0 spiro atoms. The van der Waals surface area contributed by atoms with Gasteiger partial charge in [0.1, 0.15) is 5.78 Å². The van der Waals surface area contributed by atoms with E-state index < -0.39 is 28.9 Å². The number of hydrogen-bond acceptors (Lipinski definition) is 2. The Balaban J connectivity index is 2.07. The number of carbonyl (C=O) groups is 1. The summed E-state index contributed by atoms with van der Waals surface area (Å²) in [7, 11) is 0. The maximum atomic E-state index is 13.3. The van der Waals surface area contributed by atoms with Crippen molar-refractivity contribution in [1.29, 1.82) is 0 Å². The number of halogens is 6. The van der Waals surface area contributed by atoms with Crippen molar-refractivity contribution in [3.05, 3.63) is 71.3 Å². The minimum absolute atomic E-state index is 0.151. The van der Waals surface area contributed by atoms with Crippen LogP contribution in [0.15, 0.2) is 54.6 Å². The molecule has 1 aliphatic carbocycles. The van der Waals surface area contributed by atoms with Crippen molar-refractivity contribution in [2.45, 2.75) is 75.2 Å². The Hall–Kier alpha value is -2.35. The first-order valence-corrected chi connectivity index (χ1v) is 11.3. The first kappa shape index (κ1) is 26.3. The van der Waals surface area contributed by atoms with Crippen LogP contribution in [0.2, 0.25) is 0 Å². The molecule has 1 N–H and O–H groups in total. The van der Waals surface area contributed by atoms with Crippen LogP contribution in [0, 0.1) is 5.92 Å². The zero-order valence-electron chi connectivity index (χ0n) is 19.0. The van der Waals surface area contributed by atoms with E-state index in [0.29, 0.717) is 49.8 Å². The molecule has 2 aromatic rings. The fourth-order valence-electron chi connectivity index (χ4n) is 5.32. The molecule has 0 aromatic heterocycles. The van der Waals surface area contributed by atoms with Crippen molar-refractivity contribution in [3.8, 4) is 0 Å². The number of carbonyl (C=O) groups excluding carboxylic acids is 1. The van der Waals surface area contributed by atoms with Crippen LogP contribution in [0.25, 0.3) is 0 Å². The lowest BCUT2D eigenvalue weighted by molar-refractivity contribution is -0.376. The van der Waals surface area contributed by atoms with E-state index in [2.05, 4.69) is 0 Å². The summed E-state index contributed by atoms with van der Waals surface area (Å²) in [6.07, 6.45) is -8.90. The van der Waals surface area contributed by atoms with E-state index >= 15 is 0 Å². The van der Waals surface area contributed by atoms with Gasteiger partial charge in [0.2, 0.25) is 0 Å². The summed E-state index contributed by atoms with van der Waals surface area (Å²) in [6, 6.07) is 13.4. The molecule has 3 rings (SSSR count). The minimum Gasteiger partial charge on any atom is -0.369 e. The van der Waals surface area contributed by atoms with Crippen molar-refractivity contribution in [1.82, 2.24) is 0 Å². The van der Waals surface area contributed by atoms with Crippen LogP contribution in [0.5, 0.6) is 0 Å². The van der Waals surface area contributed by atoms with E-state index in [4.69, 9.17) is 0 Å². The molecule has 8 heteroatoms. The summed E-state index contributed by atoms with van der Waals surface area (Å²) in [5.74, 6) is -0.248. The van der Waals surface area contributed by atoms with Crippen LogP contribution < -0.4 is 0 Å². The Bertz CT molecular complexity index is 967. The Labute approximate surface area is 195 Å². The highest BCUT2D eigenvalue weighted by Crippen LogP contribution is 2.52. The maximum Gasteiger partial charge on any atom is 0.430 e. The molecule has 186 valence electrons. The number of Topliss-reactive ketones (excluding diaryl/α,β-unsaturated/α-hetero) is 1. The van der Waals surface area contributed by atoms with Gasteiger partial charge in [0.15, 0.2) is 0 Å². The predicted molar refractivity (Wildman–Crippen MR) is 116 cm³/mol. The molecule has 0 amide bonds. The smallest absolute Gasteiger partial charge is 0.369 e. The molecule has 34 heavy (non-hydrogen) atoms.